The Kier molecular flexibility index (Phi) is 5.29. The Morgan fingerprint density at radius 3 is 3.00 bits per heavy atom. The highest BCUT2D eigenvalue weighted by Crippen LogP contribution is 2.24. The molecule has 6 heteroatoms. The van der Waals surface area contributed by atoms with E-state index >= 15 is 0 Å². The zero-order valence-corrected chi connectivity index (χ0v) is 14.3. The van der Waals surface area contributed by atoms with Crippen LogP contribution in [0, 0.1) is 0 Å². The van der Waals surface area contributed by atoms with E-state index in [-0.39, 0.29) is 18.1 Å². The van der Waals surface area contributed by atoms with E-state index in [0.29, 0.717) is 23.7 Å². The van der Waals surface area contributed by atoms with Gasteiger partial charge in [0, 0.05) is 16.3 Å². The van der Waals surface area contributed by atoms with Crippen molar-refractivity contribution in [2.45, 2.75) is 19.1 Å². The third kappa shape index (κ3) is 3.51. The molecule has 0 aromatic heterocycles. The number of amides is 1. The van der Waals surface area contributed by atoms with Crippen LogP contribution in [0.2, 0.25) is 5.02 Å². The van der Waals surface area contributed by atoms with Crippen molar-refractivity contribution in [3.63, 3.8) is 0 Å². The van der Waals surface area contributed by atoms with Gasteiger partial charge >= 0.3 is 0 Å². The maximum Gasteiger partial charge on any atom is 0.255 e. The van der Waals surface area contributed by atoms with Crippen LogP contribution >= 0.6 is 43.5 Å². The van der Waals surface area contributed by atoms with Gasteiger partial charge in [0.05, 0.1) is 29.3 Å². The summed E-state index contributed by atoms with van der Waals surface area (Å²) in [6.07, 6.45) is 0.0334. The molecule has 1 aromatic rings. The second-order valence-corrected chi connectivity index (χ2v) is 6.51. The summed E-state index contributed by atoms with van der Waals surface area (Å²) in [5.74, 6) is -0.0481. The predicted molar refractivity (Wildman–Crippen MR) is 83.2 cm³/mol. The van der Waals surface area contributed by atoms with Crippen molar-refractivity contribution >= 4 is 49.4 Å². The molecule has 0 aliphatic carbocycles. The second-order valence-electron chi connectivity index (χ2n) is 4.54. The number of morpholine rings is 1. The number of benzene rings is 1. The Morgan fingerprint density at radius 2 is 2.32 bits per heavy atom. The monoisotopic (exact) mass is 409 g/mol. The smallest absolute Gasteiger partial charge is 0.255 e. The zero-order chi connectivity index (χ0) is 14.0. The van der Waals surface area contributed by atoms with Crippen molar-refractivity contribution < 1.29 is 9.53 Å². The molecule has 2 rings (SSSR count). The third-order valence-corrected chi connectivity index (χ3v) is 4.64. The molecule has 1 aliphatic heterocycles. The molecule has 0 spiro atoms. The second kappa shape index (κ2) is 6.57. The molecule has 1 fully saturated rings. The van der Waals surface area contributed by atoms with Crippen LogP contribution < -0.4 is 0 Å². The molecule has 3 nitrogen and oxygen atoms in total. The van der Waals surface area contributed by atoms with Gasteiger partial charge in [0.2, 0.25) is 0 Å². The van der Waals surface area contributed by atoms with Crippen molar-refractivity contribution in [1.82, 2.24) is 4.90 Å². The minimum atomic E-state index is -0.0481. The van der Waals surface area contributed by atoms with Gasteiger partial charge in [-0.15, -0.1) is 0 Å². The van der Waals surface area contributed by atoms with Crippen LogP contribution in [0.5, 0.6) is 0 Å². The average molecular weight is 412 g/mol. The quantitative estimate of drug-likeness (QED) is 0.694. The first-order chi connectivity index (χ1) is 9.02. The summed E-state index contributed by atoms with van der Waals surface area (Å²) >= 11 is 12.9. The highest BCUT2D eigenvalue weighted by molar-refractivity contribution is 9.10. The SMILES string of the molecule is CC1COC(CBr)CN1C(=O)c1cc(Br)ccc1Cl. The Balaban J connectivity index is 2.24. The summed E-state index contributed by atoms with van der Waals surface area (Å²) < 4.78 is 6.47. The fourth-order valence-electron chi connectivity index (χ4n) is 2.01. The summed E-state index contributed by atoms with van der Waals surface area (Å²) in [6.45, 7) is 3.11. The molecule has 104 valence electrons. The van der Waals surface area contributed by atoms with Crippen LogP contribution in [0.4, 0.5) is 0 Å². The lowest BCUT2D eigenvalue weighted by Crippen LogP contribution is -2.51. The Labute approximate surface area is 134 Å². The third-order valence-electron chi connectivity index (χ3n) is 3.10. The van der Waals surface area contributed by atoms with Crippen LogP contribution in [0.25, 0.3) is 0 Å². The van der Waals surface area contributed by atoms with E-state index in [4.69, 9.17) is 16.3 Å². The number of alkyl halides is 1. The van der Waals surface area contributed by atoms with Crippen LogP contribution in [0.3, 0.4) is 0 Å². The van der Waals surface area contributed by atoms with Gasteiger partial charge in [-0.2, -0.15) is 0 Å². The number of rotatable bonds is 2. The van der Waals surface area contributed by atoms with Crippen molar-refractivity contribution in [2.75, 3.05) is 18.5 Å². The molecule has 0 radical (unpaired) electrons. The molecule has 0 N–H and O–H groups in total. The standard InChI is InChI=1S/C13H14Br2ClNO2/c1-8-7-19-10(5-14)6-17(8)13(18)11-4-9(15)2-3-12(11)16/h2-4,8,10H,5-7H2,1H3. The van der Waals surface area contributed by atoms with E-state index in [9.17, 15) is 4.79 Å². The molecule has 0 saturated carbocycles. The van der Waals surface area contributed by atoms with E-state index in [0.717, 1.165) is 9.80 Å². The van der Waals surface area contributed by atoms with E-state index in [1.807, 2.05) is 17.9 Å². The van der Waals surface area contributed by atoms with Gasteiger partial charge in [0.15, 0.2) is 0 Å². The summed E-state index contributed by atoms with van der Waals surface area (Å²) in [6, 6.07) is 5.36. The van der Waals surface area contributed by atoms with Crippen molar-refractivity contribution in [1.29, 1.82) is 0 Å². The van der Waals surface area contributed by atoms with Gasteiger partial charge < -0.3 is 9.64 Å². The van der Waals surface area contributed by atoms with Gasteiger partial charge in [0.1, 0.15) is 0 Å². The van der Waals surface area contributed by atoms with Crippen LogP contribution in [0.1, 0.15) is 17.3 Å². The molecule has 2 atom stereocenters. The van der Waals surface area contributed by atoms with Crippen LogP contribution in [-0.4, -0.2) is 41.4 Å². The molecule has 19 heavy (non-hydrogen) atoms. The Morgan fingerprint density at radius 1 is 1.58 bits per heavy atom. The first kappa shape index (κ1) is 15.3. The maximum atomic E-state index is 12.6. The highest BCUT2D eigenvalue weighted by Gasteiger charge is 2.30. The molecule has 1 aliphatic rings. The molecule has 0 bridgehead atoms. The fraction of sp³-hybridized carbons (Fsp3) is 0.462. The van der Waals surface area contributed by atoms with E-state index < -0.39 is 0 Å². The first-order valence-electron chi connectivity index (χ1n) is 5.96. The van der Waals surface area contributed by atoms with Crippen molar-refractivity contribution in [3.05, 3.63) is 33.3 Å². The number of nitrogens with zero attached hydrogens (tertiary/aromatic N) is 1. The van der Waals surface area contributed by atoms with Gasteiger partial charge in [-0.05, 0) is 25.1 Å². The predicted octanol–water partition coefficient (Wildman–Crippen LogP) is 3.73. The van der Waals surface area contributed by atoms with Gasteiger partial charge in [-0.1, -0.05) is 43.5 Å². The zero-order valence-electron chi connectivity index (χ0n) is 10.4. The number of carbonyl (C=O) groups excluding carboxylic acids is 1. The van der Waals surface area contributed by atoms with E-state index in [2.05, 4.69) is 31.9 Å². The number of halogens is 3. The molecule has 1 amide bonds. The number of hydrogen-bond acceptors (Lipinski definition) is 2. The lowest BCUT2D eigenvalue weighted by molar-refractivity contribution is -0.0361. The summed E-state index contributed by atoms with van der Waals surface area (Å²) in [5.41, 5.74) is 0.526. The summed E-state index contributed by atoms with van der Waals surface area (Å²) in [4.78, 5) is 14.4. The minimum Gasteiger partial charge on any atom is -0.373 e. The highest BCUT2D eigenvalue weighted by atomic mass is 79.9. The maximum absolute atomic E-state index is 12.6. The first-order valence-corrected chi connectivity index (χ1v) is 8.25. The topological polar surface area (TPSA) is 29.5 Å². The van der Waals surface area contributed by atoms with Crippen molar-refractivity contribution in [2.24, 2.45) is 0 Å². The Hall–Kier alpha value is -0.100. The van der Waals surface area contributed by atoms with E-state index in [1.165, 1.54) is 0 Å². The van der Waals surface area contributed by atoms with E-state index in [1.54, 1.807) is 12.1 Å². The van der Waals surface area contributed by atoms with Crippen LogP contribution in [-0.2, 0) is 4.74 Å². The number of hydrogen-bond donors (Lipinski definition) is 0. The minimum absolute atomic E-state index is 0.0334. The number of carbonyl (C=O) groups is 1. The largest absolute Gasteiger partial charge is 0.373 e. The molecule has 1 saturated heterocycles. The van der Waals surface area contributed by atoms with Gasteiger partial charge in [-0.3, -0.25) is 4.79 Å². The lowest BCUT2D eigenvalue weighted by Gasteiger charge is -2.37. The molecular formula is C13H14Br2ClNO2. The average Bonchev–Trinajstić information content (AvgIpc) is 2.41. The summed E-state index contributed by atoms with van der Waals surface area (Å²) in [5, 5.41) is 1.19. The molecule has 2 unspecified atom stereocenters. The van der Waals surface area contributed by atoms with Crippen LogP contribution in [0.15, 0.2) is 22.7 Å². The van der Waals surface area contributed by atoms with Crippen molar-refractivity contribution in [3.8, 4) is 0 Å². The Bertz CT molecular complexity index is 484. The lowest BCUT2D eigenvalue weighted by atomic mass is 10.1. The van der Waals surface area contributed by atoms with Gasteiger partial charge in [-0.25, -0.2) is 0 Å². The molecular weight excluding hydrogens is 397 g/mol. The normalized spacial score (nSPS) is 23.5. The fourth-order valence-corrected chi connectivity index (χ4v) is 2.96. The summed E-state index contributed by atoms with van der Waals surface area (Å²) in [7, 11) is 0. The molecule has 1 aromatic carbocycles. The number of ether oxygens (including phenoxy) is 1. The molecule has 1 heterocycles. The van der Waals surface area contributed by atoms with Gasteiger partial charge in [0.25, 0.3) is 5.91 Å².